The van der Waals surface area contributed by atoms with E-state index < -0.39 is 17.8 Å². The van der Waals surface area contributed by atoms with Gasteiger partial charge in [-0.05, 0) is 29.8 Å². The van der Waals surface area contributed by atoms with Crippen molar-refractivity contribution in [2.24, 2.45) is 0 Å². The summed E-state index contributed by atoms with van der Waals surface area (Å²) >= 11 is 0. The van der Waals surface area contributed by atoms with Crippen LogP contribution in [0.1, 0.15) is 27.8 Å². The number of amides is 1. The molecule has 0 aliphatic carbocycles. The molecule has 0 unspecified atom stereocenters. The van der Waals surface area contributed by atoms with Crippen molar-refractivity contribution in [1.82, 2.24) is 9.88 Å². The van der Waals surface area contributed by atoms with Gasteiger partial charge in [-0.25, -0.2) is 8.78 Å². The highest BCUT2D eigenvalue weighted by Crippen LogP contribution is 2.34. The average molecular weight is 351 g/mol. The van der Waals surface area contributed by atoms with Gasteiger partial charge in [0.2, 0.25) is 0 Å². The fraction of sp³-hybridized carbons (Fsp3) is 0.100. The van der Waals surface area contributed by atoms with Gasteiger partial charge in [-0.1, -0.05) is 30.3 Å². The van der Waals surface area contributed by atoms with E-state index in [1.165, 1.54) is 6.07 Å². The van der Waals surface area contributed by atoms with Gasteiger partial charge in [0.15, 0.2) is 11.6 Å². The zero-order valence-corrected chi connectivity index (χ0v) is 13.7. The number of hydrogen-bond donors (Lipinski definition) is 1. The minimum absolute atomic E-state index is 0.156. The molecule has 1 amide bonds. The van der Waals surface area contributed by atoms with Crippen molar-refractivity contribution in [2.45, 2.75) is 12.7 Å². The van der Waals surface area contributed by atoms with E-state index >= 15 is 0 Å². The van der Waals surface area contributed by atoms with Crippen LogP contribution in [0.25, 0.3) is 0 Å². The molecule has 1 N–H and O–H groups in total. The van der Waals surface area contributed by atoms with Gasteiger partial charge in [-0.3, -0.25) is 9.78 Å². The Morgan fingerprint density at radius 1 is 1.00 bits per heavy atom. The molecule has 2 heterocycles. The fourth-order valence-electron chi connectivity index (χ4n) is 3.07. The summed E-state index contributed by atoms with van der Waals surface area (Å²) in [7, 11) is 0. The maximum Gasteiger partial charge on any atom is 0.258 e. The Kier molecular flexibility index (Phi) is 4.08. The summed E-state index contributed by atoms with van der Waals surface area (Å²) in [6.45, 7) is 0.372. The molecule has 1 aliphatic rings. The molecule has 0 bridgehead atoms. The molecule has 4 nitrogen and oxygen atoms in total. The second kappa shape index (κ2) is 6.55. The fourth-order valence-corrected chi connectivity index (χ4v) is 3.07. The van der Waals surface area contributed by atoms with Gasteiger partial charge in [0.05, 0.1) is 11.3 Å². The van der Waals surface area contributed by atoms with Gasteiger partial charge < -0.3 is 10.2 Å². The summed E-state index contributed by atoms with van der Waals surface area (Å²) in [5.74, 6) is -2.02. The van der Waals surface area contributed by atoms with Gasteiger partial charge in [0.25, 0.3) is 5.91 Å². The number of anilines is 1. The molecule has 1 atom stereocenters. The molecule has 6 heteroatoms. The number of hydrogen-bond acceptors (Lipinski definition) is 3. The smallest absolute Gasteiger partial charge is 0.258 e. The summed E-state index contributed by atoms with van der Waals surface area (Å²) in [4.78, 5) is 18.8. The van der Waals surface area contributed by atoms with Crippen molar-refractivity contribution >= 4 is 11.6 Å². The molecule has 1 aliphatic heterocycles. The second-order valence-corrected chi connectivity index (χ2v) is 6.03. The molecule has 0 spiro atoms. The van der Waals surface area contributed by atoms with Crippen LogP contribution in [0.5, 0.6) is 0 Å². The number of nitrogens with zero attached hydrogens (tertiary/aromatic N) is 2. The van der Waals surface area contributed by atoms with Gasteiger partial charge >= 0.3 is 0 Å². The molecule has 0 radical (unpaired) electrons. The van der Waals surface area contributed by atoms with Crippen LogP contribution in [0, 0.1) is 11.6 Å². The molecule has 0 saturated heterocycles. The van der Waals surface area contributed by atoms with Gasteiger partial charge in [-0.15, -0.1) is 0 Å². The average Bonchev–Trinajstić information content (AvgIpc) is 2.92. The van der Waals surface area contributed by atoms with Gasteiger partial charge in [-0.2, -0.15) is 0 Å². The predicted molar refractivity (Wildman–Crippen MR) is 93.3 cm³/mol. The maximum absolute atomic E-state index is 13.6. The topological polar surface area (TPSA) is 45.2 Å². The molecular weight excluding hydrogens is 336 g/mol. The normalized spacial score (nSPS) is 15.8. The Labute approximate surface area is 149 Å². The van der Waals surface area contributed by atoms with Crippen LogP contribution in [0.4, 0.5) is 14.5 Å². The van der Waals surface area contributed by atoms with Crippen molar-refractivity contribution in [2.75, 3.05) is 5.32 Å². The number of benzene rings is 2. The van der Waals surface area contributed by atoms with Crippen molar-refractivity contribution in [3.8, 4) is 0 Å². The van der Waals surface area contributed by atoms with Crippen LogP contribution in [0.15, 0.2) is 66.9 Å². The molecular formula is C20H15F2N3O. The van der Waals surface area contributed by atoms with Crippen LogP contribution in [0.3, 0.4) is 0 Å². The zero-order valence-electron chi connectivity index (χ0n) is 13.7. The SMILES string of the molecule is O=C1c2cccnc2[C@@H](Nc2ccc(F)c(F)c2)N1Cc1ccccc1. The summed E-state index contributed by atoms with van der Waals surface area (Å²) in [5.41, 5.74) is 2.41. The van der Waals surface area contributed by atoms with E-state index in [0.717, 1.165) is 17.7 Å². The Balaban J connectivity index is 1.69. The number of halogens is 2. The Morgan fingerprint density at radius 3 is 2.58 bits per heavy atom. The maximum atomic E-state index is 13.6. The second-order valence-electron chi connectivity index (χ2n) is 6.03. The van der Waals surface area contributed by atoms with Crippen LogP contribution in [-0.4, -0.2) is 15.8 Å². The van der Waals surface area contributed by atoms with Crippen molar-refractivity contribution in [3.63, 3.8) is 0 Å². The standard InChI is InChI=1S/C20H15F2N3O/c21-16-9-8-14(11-17(16)22)24-19-18-15(7-4-10-23-18)20(26)25(19)12-13-5-2-1-3-6-13/h1-11,19,24H,12H2/t19-/m0/s1. The highest BCUT2D eigenvalue weighted by atomic mass is 19.2. The lowest BCUT2D eigenvalue weighted by Crippen LogP contribution is -2.32. The Morgan fingerprint density at radius 2 is 1.81 bits per heavy atom. The van der Waals surface area contributed by atoms with E-state index in [-0.39, 0.29) is 5.91 Å². The van der Waals surface area contributed by atoms with Gasteiger partial charge in [0, 0.05) is 24.5 Å². The third-order valence-corrected chi connectivity index (χ3v) is 4.32. The van der Waals surface area contributed by atoms with Crippen molar-refractivity contribution in [3.05, 3.63) is 95.3 Å². The third kappa shape index (κ3) is 2.90. The molecule has 1 aromatic heterocycles. The quantitative estimate of drug-likeness (QED) is 0.769. The first kappa shape index (κ1) is 16.2. The highest BCUT2D eigenvalue weighted by Gasteiger charge is 2.37. The molecule has 26 heavy (non-hydrogen) atoms. The molecule has 4 rings (SSSR count). The minimum atomic E-state index is -0.949. The number of fused-ring (bicyclic) bond motifs is 1. The summed E-state index contributed by atoms with van der Waals surface area (Å²) in [6, 6.07) is 16.5. The first-order chi connectivity index (χ1) is 12.6. The van der Waals surface area contributed by atoms with Crippen molar-refractivity contribution in [1.29, 1.82) is 0 Å². The van der Waals surface area contributed by atoms with Crippen LogP contribution in [-0.2, 0) is 6.54 Å². The van der Waals surface area contributed by atoms with E-state index in [2.05, 4.69) is 10.3 Å². The largest absolute Gasteiger partial charge is 0.360 e. The van der Waals surface area contributed by atoms with E-state index in [4.69, 9.17) is 0 Å². The van der Waals surface area contributed by atoms with E-state index in [0.29, 0.717) is 23.5 Å². The third-order valence-electron chi connectivity index (χ3n) is 4.32. The highest BCUT2D eigenvalue weighted by molar-refractivity contribution is 5.98. The van der Waals surface area contributed by atoms with Gasteiger partial charge in [0.1, 0.15) is 6.17 Å². The summed E-state index contributed by atoms with van der Waals surface area (Å²) < 4.78 is 26.8. The minimum Gasteiger partial charge on any atom is -0.360 e. The predicted octanol–water partition coefficient (Wildman–Crippen LogP) is 4.13. The summed E-state index contributed by atoms with van der Waals surface area (Å²) in [6.07, 6.45) is 1.04. The lowest BCUT2D eigenvalue weighted by atomic mass is 10.2. The molecule has 0 fully saturated rings. The lowest BCUT2D eigenvalue weighted by Gasteiger charge is -2.26. The Bertz CT molecular complexity index is 962. The van der Waals surface area contributed by atoms with E-state index in [1.54, 1.807) is 23.2 Å². The first-order valence-corrected chi connectivity index (χ1v) is 8.15. The Hall–Kier alpha value is -3.28. The monoisotopic (exact) mass is 351 g/mol. The van der Waals surface area contributed by atoms with E-state index in [1.807, 2.05) is 30.3 Å². The lowest BCUT2D eigenvalue weighted by molar-refractivity contribution is 0.0727. The van der Waals surface area contributed by atoms with Crippen molar-refractivity contribution < 1.29 is 13.6 Å². The number of pyridine rings is 1. The summed E-state index contributed by atoms with van der Waals surface area (Å²) in [5, 5.41) is 3.10. The molecule has 3 aromatic rings. The molecule has 2 aromatic carbocycles. The van der Waals surface area contributed by atoms with Crippen LogP contribution >= 0.6 is 0 Å². The van der Waals surface area contributed by atoms with Crippen LogP contribution < -0.4 is 5.32 Å². The number of carbonyl (C=O) groups excluding carboxylic acids is 1. The number of rotatable bonds is 4. The van der Waals surface area contributed by atoms with Crippen LogP contribution in [0.2, 0.25) is 0 Å². The van der Waals surface area contributed by atoms with E-state index in [9.17, 15) is 13.6 Å². The first-order valence-electron chi connectivity index (χ1n) is 8.15. The number of carbonyl (C=O) groups is 1. The molecule has 130 valence electrons. The number of nitrogens with one attached hydrogen (secondary N) is 1. The number of aromatic nitrogens is 1. The zero-order chi connectivity index (χ0) is 18.1. The molecule has 0 saturated carbocycles.